The van der Waals surface area contributed by atoms with Crippen LogP contribution >= 0.6 is 0 Å². The van der Waals surface area contributed by atoms with Crippen LogP contribution in [0.5, 0.6) is 0 Å². The van der Waals surface area contributed by atoms with E-state index in [-0.39, 0.29) is 17.9 Å². The summed E-state index contributed by atoms with van der Waals surface area (Å²) >= 11 is 0. The summed E-state index contributed by atoms with van der Waals surface area (Å²) in [6.07, 6.45) is 4.17. The number of nitrogens with one attached hydrogen (secondary N) is 1. The van der Waals surface area contributed by atoms with Gasteiger partial charge in [-0.2, -0.15) is 5.10 Å². The molecule has 0 spiro atoms. The fraction of sp³-hybridized carbons (Fsp3) is 0.500. The van der Waals surface area contributed by atoms with Crippen LogP contribution in [0.2, 0.25) is 0 Å². The predicted octanol–water partition coefficient (Wildman–Crippen LogP) is -0.294. The lowest BCUT2D eigenvalue weighted by molar-refractivity contribution is -0.117. The van der Waals surface area contributed by atoms with Gasteiger partial charge in [0.15, 0.2) is 0 Å². The SMILES string of the molecule is Cn1cc(NC(=O)C2CC2N)cn1. The minimum absolute atomic E-state index is 0.000191. The predicted molar refractivity (Wildman–Crippen MR) is 47.9 cm³/mol. The van der Waals surface area contributed by atoms with Crippen LogP contribution in [0.4, 0.5) is 5.69 Å². The highest BCUT2D eigenvalue weighted by Gasteiger charge is 2.39. The van der Waals surface area contributed by atoms with Crippen molar-refractivity contribution in [3.63, 3.8) is 0 Å². The number of aryl methyl sites for hydroxylation is 1. The van der Waals surface area contributed by atoms with Crippen LogP contribution in [0.25, 0.3) is 0 Å². The van der Waals surface area contributed by atoms with Gasteiger partial charge >= 0.3 is 0 Å². The quantitative estimate of drug-likeness (QED) is 0.656. The fourth-order valence-electron chi connectivity index (χ4n) is 1.24. The Labute approximate surface area is 75.9 Å². The molecule has 1 saturated carbocycles. The number of hydrogen-bond donors (Lipinski definition) is 2. The van der Waals surface area contributed by atoms with E-state index in [2.05, 4.69) is 10.4 Å². The summed E-state index contributed by atoms with van der Waals surface area (Å²) in [5.74, 6) is 0.000654. The summed E-state index contributed by atoms with van der Waals surface area (Å²) in [5.41, 5.74) is 6.27. The third-order valence-electron chi connectivity index (χ3n) is 2.15. The number of amides is 1. The Bertz CT molecular complexity index is 333. The maximum Gasteiger partial charge on any atom is 0.229 e. The Kier molecular flexibility index (Phi) is 1.81. The summed E-state index contributed by atoms with van der Waals surface area (Å²) in [6.45, 7) is 0. The number of carbonyl (C=O) groups is 1. The van der Waals surface area contributed by atoms with Gasteiger partial charge in [-0.3, -0.25) is 9.48 Å². The summed E-state index contributed by atoms with van der Waals surface area (Å²) in [6, 6.07) is 0.0525. The molecule has 1 fully saturated rings. The summed E-state index contributed by atoms with van der Waals surface area (Å²) in [5, 5.41) is 6.69. The second-order valence-corrected chi connectivity index (χ2v) is 3.40. The topological polar surface area (TPSA) is 72.9 Å². The maximum absolute atomic E-state index is 11.4. The van der Waals surface area contributed by atoms with Crippen molar-refractivity contribution in [2.24, 2.45) is 18.7 Å². The first-order valence-electron chi connectivity index (χ1n) is 4.22. The number of nitrogens with two attached hydrogens (primary N) is 1. The molecule has 0 bridgehead atoms. The lowest BCUT2D eigenvalue weighted by Crippen LogP contribution is -2.18. The van der Waals surface area contributed by atoms with Gasteiger partial charge in [-0.05, 0) is 6.42 Å². The van der Waals surface area contributed by atoms with Crippen molar-refractivity contribution in [3.8, 4) is 0 Å². The largest absolute Gasteiger partial charge is 0.327 e. The number of anilines is 1. The van der Waals surface area contributed by atoms with E-state index in [0.717, 1.165) is 12.1 Å². The maximum atomic E-state index is 11.4. The van der Waals surface area contributed by atoms with E-state index in [0.29, 0.717) is 0 Å². The van der Waals surface area contributed by atoms with Crippen molar-refractivity contribution in [2.75, 3.05) is 5.32 Å². The molecule has 70 valence electrons. The van der Waals surface area contributed by atoms with Gasteiger partial charge in [0.05, 0.1) is 17.8 Å². The van der Waals surface area contributed by atoms with Gasteiger partial charge in [0, 0.05) is 19.3 Å². The average molecular weight is 180 g/mol. The number of aromatic nitrogens is 2. The second-order valence-electron chi connectivity index (χ2n) is 3.40. The van der Waals surface area contributed by atoms with Gasteiger partial charge in [0.1, 0.15) is 0 Å². The molecule has 0 aliphatic heterocycles. The summed E-state index contributed by atoms with van der Waals surface area (Å²) < 4.78 is 1.64. The highest BCUT2D eigenvalue weighted by molar-refractivity contribution is 5.94. The Morgan fingerprint density at radius 3 is 3.00 bits per heavy atom. The van der Waals surface area contributed by atoms with E-state index >= 15 is 0 Å². The molecule has 13 heavy (non-hydrogen) atoms. The molecule has 0 saturated heterocycles. The molecular weight excluding hydrogens is 168 g/mol. The first kappa shape index (κ1) is 8.25. The van der Waals surface area contributed by atoms with Gasteiger partial charge in [-0.15, -0.1) is 0 Å². The zero-order valence-corrected chi connectivity index (χ0v) is 7.40. The van der Waals surface area contributed by atoms with Crippen LogP contribution in [-0.4, -0.2) is 21.7 Å². The lowest BCUT2D eigenvalue weighted by Gasteiger charge is -1.98. The van der Waals surface area contributed by atoms with Crippen LogP contribution in [0.3, 0.4) is 0 Å². The van der Waals surface area contributed by atoms with E-state index in [9.17, 15) is 4.79 Å². The minimum atomic E-state index is 0.000191. The van der Waals surface area contributed by atoms with Crippen LogP contribution in [0.15, 0.2) is 12.4 Å². The molecule has 1 aliphatic carbocycles. The van der Waals surface area contributed by atoms with Gasteiger partial charge in [0.25, 0.3) is 0 Å². The molecule has 1 aromatic heterocycles. The molecule has 1 heterocycles. The lowest BCUT2D eigenvalue weighted by atomic mass is 10.3. The number of hydrogen-bond acceptors (Lipinski definition) is 3. The van der Waals surface area contributed by atoms with Gasteiger partial charge in [-0.25, -0.2) is 0 Å². The Balaban J connectivity index is 1.95. The van der Waals surface area contributed by atoms with E-state index in [1.54, 1.807) is 24.1 Å². The molecule has 2 unspecified atom stereocenters. The van der Waals surface area contributed by atoms with E-state index in [1.807, 2.05) is 0 Å². The zero-order valence-electron chi connectivity index (χ0n) is 7.40. The highest BCUT2D eigenvalue weighted by atomic mass is 16.2. The van der Waals surface area contributed by atoms with Crippen molar-refractivity contribution >= 4 is 11.6 Å². The number of rotatable bonds is 2. The molecule has 0 radical (unpaired) electrons. The molecule has 2 atom stereocenters. The molecule has 1 aliphatic rings. The second kappa shape index (κ2) is 2.85. The molecule has 5 nitrogen and oxygen atoms in total. The van der Waals surface area contributed by atoms with E-state index in [4.69, 9.17) is 5.73 Å². The molecular formula is C8H12N4O. The normalized spacial score (nSPS) is 25.7. The first-order valence-corrected chi connectivity index (χ1v) is 4.22. The van der Waals surface area contributed by atoms with E-state index < -0.39 is 0 Å². The summed E-state index contributed by atoms with van der Waals surface area (Å²) in [4.78, 5) is 11.4. The molecule has 3 N–H and O–H groups in total. The molecule has 5 heteroatoms. The van der Waals surface area contributed by atoms with Crippen LogP contribution in [-0.2, 0) is 11.8 Å². The monoisotopic (exact) mass is 180 g/mol. The van der Waals surface area contributed by atoms with Crippen molar-refractivity contribution in [1.82, 2.24) is 9.78 Å². The third-order valence-corrected chi connectivity index (χ3v) is 2.15. The standard InChI is InChI=1S/C8H12N4O/c1-12-4-5(3-10-12)11-8(13)6-2-7(6)9/h3-4,6-7H,2,9H2,1H3,(H,11,13). The molecule has 1 aromatic rings. The van der Waals surface area contributed by atoms with Crippen LogP contribution in [0, 0.1) is 5.92 Å². The first-order chi connectivity index (χ1) is 6.16. The van der Waals surface area contributed by atoms with Gasteiger partial charge < -0.3 is 11.1 Å². The average Bonchev–Trinajstić information content (AvgIpc) is 2.66. The van der Waals surface area contributed by atoms with Crippen molar-refractivity contribution in [2.45, 2.75) is 12.5 Å². The molecule has 2 rings (SSSR count). The van der Waals surface area contributed by atoms with Crippen LogP contribution < -0.4 is 11.1 Å². The summed E-state index contributed by atoms with van der Waals surface area (Å²) in [7, 11) is 1.80. The van der Waals surface area contributed by atoms with Crippen LogP contribution in [0.1, 0.15) is 6.42 Å². The Morgan fingerprint density at radius 2 is 2.54 bits per heavy atom. The van der Waals surface area contributed by atoms with Gasteiger partial charge in [-0.1, -0.05) is 0 Å². The van der Waals surface area contributed by atoms with Crippen molar-refractivity contribution in [3.05, 3.63) is 12.4 Å². The smallest absolute Gasteiger partial charge is 0.229 e. The van der Waals surface area contributed by atoms with Crippen molar-refractivity contribution in [1.29, 1.82) is 0 Å². The molecule has 0 aromatic carbocycles. The zero-order chi connectivity index (χ0) is 9.42. The van der Waals surface area contributed by atoms with E-state index in [1.165, 1.54) is 0 Å². The third kappa shape index (κ3) is 1.70. The minimum Gasteiger partial charge on any atom is -0.327 e. The van der Waals surface area contributed by atoms with Crippen molar-refractivity contribution < 1.29 is 4.79 Å². The Morgan fingerprint density at radius 1 is 1.85 bits per heavy atom. The highest BCUT2D eigenvalue weighted by Crippen LogP contribution is 2.28. The number of carbonyl (C=O) groups excluding carboxylic acids is 1. The van der Waals surface area contributed by atoms with Gasteiger partial charge in [0.2, 0.25) is 5.91 Å². The fourth-order valence-corrected chi connectivity index (χ4v) is 1.24. The Hall–Kier alpha value is -1.36. The number of nitrogens with zero attached hydrogens (tertiary/aromatic N) is 2. The molecule has 1 amide bonds.